The van der Waals surface area contributed by atoms with Crippen molar-refractivity contribution in [3.8, 4) is 0 Å². The summed E-state index contributed by atoms with van der Waals surface area (Å²) in [5.41, 5.74) is -1.16. The second kappa shape index (κ2) is 4.04. The van der Waals surface area contributed by atoms with E-state index in [1.807, 2.05) is 0 Å². The van der Waals surface area contributed by atoms with Crippen LogP contribution in [0.5, 0.6) is 0 Å². The molecule has 0 aromatic carbocycles. The topological polar surface area (TPSA) is 59.0 Å². The summed E-state index contributed by atoms with van der Waals surface area (Å²) in [6, 6.07) is 0. The lowest BCUT2D eigenvalue weighted by molar-refractivity contribution is -0.257. The Bertz CT molecular complexity index is 187. The van der Waals surface area contributed by atoms with Gasteiger partial charge in [-0.2, -0.15) is 5.06 Å². The van der Waals surface area contributed by atoms with Gasteiger partial charge in [0.1, 0.15) is 0 Å². The molecule has 0 atom stereocenters. The molecule has 0 bridgehead atoms. The Hall–Kier alpha value is -0.650. The number of morpholine rings is 1. The molecule has 1 fully saturated rings. The SMILES string of the molecule is CC(C)(ON1CCOCC1)C(=O)O. The number of hydroxylamine groups is 2. The normalized spacial score (nSPS) is 20.2. The summed E-state index contributed by atoms with van der Waals surface area (Å²) < 4.78 is 5.11. The van der Waals surface area contributed by atoms with Crippen LogP contribution in [0.25, 0.3) is 0 Å². The molecule has 0 amide bonds. The van der Waals surface area contributed by atoms with Crippen LogP contribution in [-0.2, 0) is 14.4 Å². The van der Waals surface area contributed by atoms with E-state index in [4.69, 9.17) is 14.7 Å². The first-order valence-electron chi connectivity index (χ1n) is 4.27. The van der Waals surface area contributed by atoms with Crippen molar-refractivity contribution in [1.29, 1.82) is 0 Å². The summed E-state index contributed by atoms with van der Waals surface area (Å²) in [6.45, 7) is 5.49. The summed E-state index contributed by atoms with van der Waals surface area (Å²) in [6.07, 6.45) is 0. The minimum atomic E-state index is -1.16. The van der Waals surface area contributed by atoms with Crippen molar-refractivity contribution in [2.45, 2.75) is 19.4 Å². The van der Waals surface area contributed by atoms with E-state index in [0.717, 1.165) is 0 Å². The number of nitrogens with zero attached hydrogens (tertiary/aromatic N) is 1. The third-order valence-electron chi connectivity index (χ3n) is 1.84. The Labute approximate surface area is 77.2 Å². The average molecular weight is 189 g/mol. The fraction of sp³-hybridized carbons (Fsp3) is 0.875. The largest absolute Gasteiger partial charge is 0.479 e. The van der Waals surface area contributed by atoms with Crippen molar-refractivity contribution in [1.82, 2.24) is 5.06 Å². The maximum Gasteiger partial charge on any atom is 0.337 e. The number of carbonyl (C=O) groups is 1. The van der Waals surface area contributed by atoms with E-state index >= 15 is 0 Å². The molecule has 1 aliphatic heterocycles. The van der Waals surface area contributed by atoms with Crippen molar-refractivity contribution in [2.75, 3.05) is 26.3 Å². The van der Waals surface area contributed by atoms with Crippen LogP contribution in [0.1, 0.15) is 13.8 Å². The number of aliphatic carboxylic acids is 1. The van der Waals surface area contributed by atoms with Crippen LogP contribution in [-0.4, -0.2) is 48.0 Å². The van der Waals surface area contributed by atoms with Gasteiger partial charge in [-0.25, -0.2) is 4.79 Å². The molecule has 1 rings (SSSR count). The molecule has 1 aliphatic rings. The van der Waals surface area contributed by atoms with Crippen LogP contribution in [0.3, 0.4) is 0 Å². The van der Waals surface area contributed by atoms with Crippen molar-refractivity contribution < 1.29 is 19.5 Å². The molecule has 0 aromatic rings. The number of carboxylic acid groups (broad SMARTS) is 1. The predicted molar refractivity (Wildman–Crippen MR) is 45.2 cm³/mol. The quantitative estimate of drug-likeness (QED) is 0.683. The number of rotatable bonds is 3. The fourth-order valence-electron chi connectivity index (χ4n) is 1.000. The van der Waals surface area contributed by atoms with E-state index in [9.17, 15) is 4.79 Å². The Morgan fingerprint density at radius 1 is 1.46 bits per heavy atom. The summed E-state index contributed by atoms with van der Waals surface area (Å²) in [5.74, 6) is -0.959. The molecule has 0 radical (unpaired) electrons. The molecule has 0 unspecified atom stereocenters. The molecule has 76 valence electrons. The van der Waals surface area contributed by atoms with Crippen LogP contribution >= 0.6 is 0 Å². The Morgan fingerprint density at radius 2 is 2.00 bits per heavy atom. The number of ether oxygens (including phenoxy) is 1. The molecule has 0 aliphatic carbocycles. The van der Waals surface area contributed by atoms with E-state index in [1.54, 1.807) is 5.06 Å². The van der Waals surface area contributed by atoms with Gasteiger partial charge in [-0.3, -0.25) is 4.84 Å². The molecular weight excluding hydrogens is 174 g/mol. The number of hydrogen-bond acceptors (Lipinski definition) is 4. The first-order valence-corrected chi connectivity index (χ1v) is 4.27. The summed E-state index contributed by atoms with van der Waals surface area (Å²) >= 11 is 0. The van der Waals surface area contributed by atoms with Crippen molar-refractivity contribution in [3.05, 3.63) is 0 Å². The molecule has 0 spiro atoms. The lowest BCUT2D eigenvalue weighted by Crippen LogP contribution is -2.46. The molecule has 1 heterocycles. The minimum absolute atomic E-state index is 0.593. The predicted octanol–water partition coefficient (Wildman–Crippen LogP) is 0.113. The Balaban J connectivity index is 2.41. The lowest BCUT2D eigenvalue weighted by Gasteiger charge is -2.31. The monoisotopic (exact) mass is 189 g/mol. The average Bonchev–Trinajstić information content (AvgIpc) is 2.05. The van der Waals surface area contributed by atoms with Crippen molar-refractivity contribution in [2.24, 2.45) is 0 Å². The first kappa shape index (κ1) is 10.4. The van der Waals surface area contributed by atoms with E-state index in [0.29, 0.717) is 26.3 Å². The third kappa shape index (κ3) is 2.95. The number of carboxylic acids is 1. The van der Waals surface area contributed by atoms with Gasteiger partial charge in [0.25, 0.3) is 0 Å². The van der Waals surface area contributed by atoms with Gasteiger partial charge in [-0.1, -0.05) is 0 Å². The van der Waals surface area contributed by atoms with Gasteiger partial charge in [0.15, 0.2) is 5.60 Å². The van der Waals surface area contributed by atoms with Gasteiger partial charge in [-0.05, 0) is 13.8 Å². The number of hydrogen-bond donors (Lipinski definition) is 1. The fourth-order valence-corrected chi connectivity index (χ4v) is 1.000. The highest BCUT2D eigenvalue weighted by molar-refractivity contribution is 5.76. The summed E-state index contributed by atoms with van der Waals surface area (Å²) in [7, 11) is 0. The smallest absolute Gasteiger partial charge is 0.337 e. The van der Waals surface area contributed by atoms with Gasteiger partial charge >= 0.3 is 5.97 Å². The van der Waals surface area contributed by atoms with E-state index in [1.165, 1.54) is 13.8 Å². The van der Waals surface area contributed by atoms with E-state index in [2.05, 4.69) is 0 Å². The van der Waals surface area contributed by atoms with Gasteiger partial charge < -0.3 is 9.84 Å². The highest BCUT2D eigenvalue weighted by atomic mass is 16.7. The summed E-state index contributed by atoms with van der Waals surface area (Å²) in [4.78, 5) is 16.0. The highest BCUT2D eigenvalue weighted by Gasteiger charge is 2.31. The lowest BCUT2D eigenvalue weighted by atomic mass is 10.1. The zero-order chi connectivity index (χ0) is 9.90. The molecular formula is C8H15NO4. The second-order valence-electron chi connectivity index (χ2n) is 3.45. The minimum Gasteiger partial charge on any atom is -0.479 e. The zero-order valence-corrected chi connectivity index (χ0v) is 7.95. The van der Waals surface area contributed by atoms with Gasteiger partial charge in [0.2, 0.25) is 0 Å². The van der Waals surface area contributed by atoms with Crippen LogP contribution < -0.4 is 0 Å². The van der Waals surface area contributed by atoms with Gasteiger partial charge in [0, 0.05) is 13.1 Å². The molecule has 0 aromatic heterocycles. The van der Waals surface area contributed by atoms with Crippen molar-refractivity contribution in [3.63, 3.8) is 0 Å². The summed E-state index contributed by atoms with van der Waals surface area (Å²) in [5, 5.41) is 10.4. The standard InChI is InChI=1S/C8H15NO4/c1-8(2,7(10)11)13-9-3-5-12-6-4-9/h3-6H2,1-2H3,(H,10,11). The van der Waals surface area contributed by atoms with Gasteiger partial charge in [-0.15, -0.1) is 0 Å². The van der Waals surface area contributed by atoms with Gasteiger partial charge in [0.05, 0.1) is 13.2 Å². The Morgan fingerprint density at radius 3 is 2.46 bits per heavy atom. The van der Waals surface area contributed by atoms with Crippen molar-refractivity contribution >= 4 is 5.97 Å². The molecule has 1 saturated heterocycles. The first-order chi connectivity index (χ1) is 6.02. The Kier molecular flexibility index (Phi) is 3.24. The molecule has 1 N–H and O–H groups in total. The molecule has 0 saturated carbocycles. The second-order valence-corrected chi connectivity index (χ2v) is 3.45. The van der Waals surface area contributed by atoms with Crippen LogP contribution in [0, 0.1) is 0 Å². The zero-order valence-electron chi connectivity index (χ0n) is 7.95. The van der Waals surface area contributed by atoms with E-state index < -0.39 is 11.6 Å². The molecule has 13 heavy (non-hydrogen) atoms. The maximum absolute atomic E-state index is 10.7. The maximum atomic E-state index is 10.7. The molecule has 5 heteroatoms. The van der Waals surface area contributed by atoms with Crippen LogP contribution in [0.2, 0.25) is 0 Å². The van der Waals surface area contributed by atoms with Crippen LogP contribution in [0.4, 0.5) is 0 Å². The van der Waals surface area contributed by atoms with E-state index in [-0.39, 0.29) is 0 Å². The third-order valence-corrected chi connectivity index (χ3v) is 1.84. The highest BCUT2D eigenvalue weighted by Crippen LogP contribution is 2.12. The van der Waals surface area contributed by atoms with Crippen LogP contribution in [0.15, 0.2) is 0 Å². The molecule has 5 nitrogen and oxygen atoms in total.